The lowest BCUT2D eigenvalue weighted by molar-refractivity contribution is -0.118. The molecular weight excluding hydrogens is 388 g/mol. The van der Waals surface area contributed by atoms with Gasteiger partial charge in [0.1, 0.15) is 6.04 Å². The largest absolute Gasteiger partial charge is 0.340 e. The monoisotopic (exact) mass is 408 g/mol. The normalized spacial score (nSPS) is 12.5. The lowest BCUT2D eigenvalue weighted by Crippen LogP contribution is -2.47. The molecule has 0 aromatic heterocycles. The number of anilines is 1. The van der Waals surface area contributed by atoms with Crippen LogP contribution in [0.3, 0.4) is 0 Å². The maximum Gasteiger partial charge on any atom is 0.253 e. The number of rotatable bonds is 6. The van der Waals surface area contributed by atoms with Crippen molar-refractivity contribution in [2.24, 2.45) is 5.92 Å². The molecule has 0 heterocycles. The van der Waals surface area contributed by atoms with Gasteiger partial charge >= 0.3 is 0 Å². The third-order valence-corrected chi connectivity index (χ3v) is 5.32. The second kappa shape index (κ2) is 8.54. The van der Waals surface area contributed by atoms with Crippen LogP contribution >= 0.6 is 11.6 Å². The minimum Gasteiger partial charge on any atom is -0.340 e. The van der Waals surface area contributed by atoms with E-state index in [0.29, 0.717) is 10.7 Å². The maximum absolute atomic E-state index is 12.7. The van der Waals surface area contributed by atoms with Crippen LogP contribution in [0.2, 0.25) is 5.02 Å². The van der Waals surface area contributed by atoms with E-state index in [-0.39, 0.29) is 16.4 Å². The van der Waals surface area contributed by atoms with Gasteiger partial charge in [0, 0.05) is 11.9 Å². The van der Waals surface area contributed by atoms with Crippen LogP contribution in [0.25, 0.3) is 0 Å². The minimum absolute atomic E-state index is 0.0986. The van der Waals surface area contributed by atoms with Gasteiger partial charge in [-0.2, -0.15) is 0 Å². The molecule has 6 nitrogen and oxygen atoms in total. The van der Waals surface area contributed by atoms with Gasteiger partial charge in [0.25, 0.3) is 5.91 Å². The van der Waals surface area contributed by atoms with Crippen LogP contribution < -0.4 is 10.6 Å². The summed E-state index contributed by atoms with van der Waals surface area (Å²) in [4.78, 5) is 25.2. The van der Waals surface area contributed by atoms with Gasteiger partial charge in [-0.25, -0.2) is 8.42 Å². The van der Waals surface area contributed by atoms with Crippen LogP contribution in [0, 0.1) is 5.92 Å². The van der Waals surface area contributed by atoms with Crippen molar-refractivity contribution in [2.45, 2.75) is 24.8 Å². The van der Waals surface area contributed by atoms with Gasteiger partial charge in [-0.1, -0.05) is 43.6 Å². The number of hydrogen-bond acceptors (Lipinski definition) is 4. The SMILES string of the molecule is CC(C)C(NC(=O)c1ccccc1Cl)C(=O)Nc1cccc(S(C)(=O)=O)c1. The van der Waals surface area contributed by atoms with E-state index >= 15 is 0 Å². The molecule has 0 bridgehead atoms. The van der Waals surface area contributed by atoms with Crippen LogP contribution in [-0.4, -0.2) is 32.5 Å². The summed E-state index contributed by atoms with van der Waals surface area (Å²) in [5, 5.41) is 5.63. The lowest BCUT2D eigenvalue weighted by atomic mass is 10.0. The highest BCUT2D eigenvalue weighted by molar-refractivity contribution is 7.90. The Morgan fingerprint density at radius 3 is 2.30 bits per heavy atom. The number of sulfone groups is 1. The smallest absolute Gasteiger partial charge is 0.253 e. The van der Waals surface area contributed by atoms with E-state index in [2.05, 4.69) is 10.6 Å². The summed E-state index contributed by atoms with van der Waals surface area (Å²) >= 11 is 6.03. The Morgan fingerprint density at radius 1 is 1.04 bits per heavy atom. The summed E-state index contributed by atoms with van der Waals surface area (Å²) < 4.78 is 23.3. The first-order chi connectivity index (χ1) is 12.6. The lowest BCUT2D eigenvalue weighted by Gasteiger charge is -2.22. The van der Waals surface area contributed by atoms with Crippen molar-refractivity contribution in [3.05, 3.63) is 59.1 Å². The highest BCUT2D eigenvalue weighted by Crippen LogP contribution is 2.18. The topological polar surface area (TPSA) is 92.3 Å². The van der Waals surface area contributed by atoms with E-state index in [4.69, 9.17) is 11.6 Å². The Morgan fingerprint density at radius 2 is 1.70 bits per heavy atom. The summed E-state index contributed by atoms with van der Waals surface area (Å²) in [5.74, 6) is -1.11. The van der Waals surface area contributed by atoms with Crippen LogP contribution in [0.4, 0.5) is 5.69 Å². The quantitative estimate of drug-likeness (QED) is 0.767. The Balaban J connectivity index is 2.18. The molecule has 144 valence electrons. The summed E-state index contributed by atoms with van der Waals surface area (Å²) in [5.41, 5.74) is 0.609. The zero-order chi connectivity index (χ0) is 20.2. The fourth-order valence-electron chi connectivity index (χ4n) is 2.42. The number of carbonyl (C=O) groups is 2. The molecule has 2 aromatic rings. The molecule has 1 unspecified atom stereocenters. The predicted molar refractivity (Wildman–Crippen MR) is 106 cm³/mol. The molecule has 1 atom stereocenters. The van der Waals surface area contributed by atoms with E-state index in [9.17, 15) is 18.0 Å². The predicted octanol–water partition coefficient (Wildman–Crippen LogP) is 3.14. The highest BCUT2D eigenvalue weighted by atomic mass is 35.5. The first-order valence-corrected chi connectivity index (χ1v) is 10.5. The van der Waals surface area contributed by atoms with Crippen molar-refractivity contribution in [1.82, 2.24) is 5.32 Å². The molecule has 0 aliphatic carbocycles. The van der Waals surface area contributed by atoms with Crippen molar-refractivity contribution >= 4 is 38.9 Å². The van der Waals surface area contributed by atoms with Crippen LogP contribution in [0.1, 0.15) is 24.2 Å². The minimum atomic E-state index is -3.39. The second-order valence-electron chi connectivity index (χ2n) is 6.46. The van der Waals surface area contributed by atoms with Crippen LogP contribution in [-0.2, 0) is 14.6 Å². The van der Waals surface area contributed by atoms with Gasteiger partial charge in [-0.05, 0) is 36.2 Å². The number of benzene rings is 2. The first-order valence-electron chi connectivity index (χ1n) is 8.26. The molecule has 0 saturated heterocycles. The Labute approximate surface area is 163 Å². The van der Waals surface area contributed by atoms with Crippen molar-refractivity contribution in [3.8, 4) is 0 Å². The van der Waals surface area contributed by atoms with Crippen molar-refractivity contribution in [3.63, 3.8) is 0 Å². The van der Waals surface area contributed by atoms with Crippen LogP contribution in [0.15, 0.2) is 53.4 Å². The zero-order valence-electron chi connectivity index (χ0n) is 15.2. The molecule has 0 spiro atoms. The Kier molecular flexibility index (Phi) is 6.62. The summed E-state index contributed by atoms with van der Waals surface area (Å²) in [7, 11) is -3.39. The summed E-state index contributed by atoms with van der Waals surface area (Å²) in [6.07, 6.45) is 1.09. The maximum atomic E-state index is 12.7. The van der Waals surface area contributed by atoms with Gasteiger partial charge in [0.05, 0.1) is 15.5 Å². The van der Waals surface area contributed by atoms with E-state index in [0.717, 1.165) is 6.26 Å². The standard InChI is InChI=1S/C19H21ClN2O4S/c1-12(2)17(22-18(23)15-9-4-5-10-16(15)20)19(24)21-13-7-6-8-14(11-13)27(3,25)26/h4-12,17H,1-3H3,(H,21,24)(H,22,23). The molecule has 2 aromatic carbocycles. The molecule has 2 amide bonds. The number of amides is 2. The van der Waals surface area contributed by atoms with E-state index < -0.39 is 27.7 Å². The van der Waals surface area contributed by atoms with Gasteiger partial charge in [-0.15, -0.1) is 0 Å². The Hall–Kier alpha value is -2.38. The van der Waals surface area contributed by atoms with E-state index in [1.54, 1.807) is 50.2 Å². The molecule has 8 heteroatoms. The average molecular weight is 409 g/mol. The third kappa shape index (κ3) is 5.55. The fourth-order valence-corrected chi connectivity index (χ4v) is 3.31. The fraction of sp³-hybridized carbons (Fsp3) is 0.263. The van der Waals surface area contributed by atoms with Gasteiger partial charge in [0.2, 0.25) is 5.91 Å². The molecule has 27 heavy (non-hydrogen) atoms. The summed E-state index contributed by atoms with van der Waals surface area (Å²) in [6, 6.07) is 11.7. The van der Waals surface area contributed by atoms with Crippen molar-refractivity contribution in [1.29, 1.82) is 0 Å². The van der Waals surface area contributed by atoms with E-state index in [1.165, 1.54) is 12.1 Å². The first kappa shape index (κ1) is 20.9. The van der Waals surface area contributed by atoms with Gasteiger partial charge in [0.15, 0.2) is 9.84 Å². The number of hydrogen-bond donors (Lipinski definition) is 2. The van der Waals surface area contributed by atoms with Crippen molar-refractivity contribution < 1.29 is 18.0 Å². The summed E-state index contributed by atoms with van der Waals surface area (Å²) in [6.45, 7) is 3.59. The molecule has 0 fully saturated rings. The van der Waals surface area contributed by atoms with Crippen molar-refractivity contribution in [2.75, 3.05) is 11.6 Å². The third-order valence-electron chi connectivity index (χ3n) is 3.88. The van der Waals surface area contributed by atoms with Gasteiger partial charge in [-0.3, -0.25) is 9.59 Å². The number of nitrogens with one attached hydrogen (secondary N) is 2. The number of carbonyl (C=O) groups excluding carboxylic acids is 2. The van der Waals surface area contributed by atoms with Gasteiger partial charge < -0.3 is 10.6 Å². The molecule has 0 aliphatic heterocycles. The van der Waals surface area contributed by atoms with Crippen LogP contribution in [0.5, 0.6) is 0 Å². The number of halogens is 1. The molecule has 0 radical (unpaired) electrons. The highest BCUT2D eigenvalue weighted by Gasteiger charge is 2.25. The molecule has 0 aliphatic rings. The molecule has 2 N–H and O–H groups in total. The second-order valence-corrected chi connectivity index (χ2v) is 8.89. The Bertz CT molecular complexity index is 958. The molecule has 2 rings (SSSR count). The molecule has 0 saturated carbocycles. The molecular formula is C19H21ClN2O4S. The average Bonchev–Trinajstić information content (AvgIpc) is 2.59. The zero-order valence-corrected chi connectivity index (χ0v) is 16.8. The van der Waals surface area contributed by atoms with E-state index in [1.807, 2.05) is 0 Å².